The molecule has 5 nitrogen and oxygen atoms in total. The van der Waals surface area contributed by atoms with Crippen LogP contribution in [0.1, 0.15) is 26.3 Å². The minimum atomic E-state index is -0.572. The van der Waals surface area contributed by atoms with Crippen LogP contribution in [-0.2, 0) is 11.3 Å². The molecule has 0 atom stereocenters. The smallest absolute Gasteiger partial charge is 0.338 e. The Labute approximate surface area is 126 Å². The zero-order chi connectivity index (χ0) is 15.4. The molecule has 0 aromatic heterocycles. The summed E-state index contributed by atoms with van der Waals surface area (Å²) in [5.74, 6) is -1.13. The van der Waals surface area contributed by atoms with Gasteiger partial charge in [-0.05, 0) is 24.3 Å². The van der Waals surface area contributed by atoms with Crippen LogP contribution >= 0.6 is 11.6 Å². The zero-order valence-electron chi connectivity index (χ0n) is 11.0. The van der Waals surface area contributed by atoms with Gasteiger partial charge in [0, 0.05) is 11.1 Å². The molecule has 6 heteroatoms. The molecular weight excluding hydrogens is 292 g/mol. The van der Waals surface area contributed by atoms with Gasteiger partial charge >= 0.3 is 5.97 Å². The Morgan fingerprint density at radius 2 is 1.86 bits per heavy atom. The van der Waals surface area contributed by atoms with Gasteiger partial charge in [-0.2, -0.15) is 0 Å². The van der Waals surface area contributed by atoms with Crippen LogP contribution in [0.4, 0.5) is 5.69 Å². The largest absolute Gasteiger partial charge is 0.457 e. The van der Waals surface area contributed by atoms with Gasteiger partial charge < -0.3 is 16.2 Å². The first-order valence-electron chi connectivity index (χ1n) is 6.09. The third kappa shape index (κ3) is 3.52. The molecule has 0 saturated heterocycles. The minimum absolute atomic E-state index is 0.0551. The van der Waals surface area contributed by atoms with Crippen molar-refractivity contribution in [2.45, 2.75) is 6.61 Å². The molecule has 0 fully saturated rings. The van der Waals surface area contributed by atoms with E-state index in [1.165, 1.54) is 18.2 Å². The summed E-state index contributed by atoms with van der Waals surface area (Å²) in [7, 11) is 0. The second kappa shape index (κ2) is 6.28. The first kappa shape index (κ1) is 14.9. The summed E-state index contributed by atoms with van der Waals surface area (Å²) in [6.07, 6.45) is 0. The molecule has 0 aliphatic rings. The number of amides is 1. The highest BCUT2D eigenvalue weighted by Gasteiger charge is 2.12. The fraction of sp³-hybridized carbons (Fsp3) is 0.0667. The number of hydrogen-bond acceptors (Lipinski definition) is 4. The number of nitrogens with two attached hydrogens (primary N) is 2. The predicted octanol–water partition coefficient (Wildman–Crippen LogP) is 2.38. The maximum Gasteiger partial charge on any atom is 0.338 e. The van der Waals surface area contributed by atoms with Crippen molar-refractivity contribution in [2.75, 3.05) is 5.73 Å². The number of rotatable bonds is 4. The Morgan fingerprint density at radius 1 is 1.14 bits per heavy atom. The van der Waals surface area contributed by atoms with Crippen molar-refractivity contribution >= 4 is 29.2 Å². The number of carbonyl (C=O) groups excluding carboxylic acids is 2. The van der Waals surface area contributed by atoms with Gasteiger partial charge in [0.1, 0.15) is 6.61 Å². The lowest BCUT2D eigenvalue weighted by Crippen LogP contribution is -2.15. The Hall–Kier alpha value is -2.53. The predicted molar refractivity (Wildman–Crippen MR) is 79.9 cm³/mol. The van der Waals surface area contributed by atoms with E-state index in [4.69, 9.17) is 27.8 Å². The third-order valence-corrected chi connectivity index (χ3v) is 3.22. The topological polar surface area (TPSA) is 95.4 Å². The lowest BCUT2D eigenvalue weighted by atomic mass is 10.1. The van der Waals surface area contributed by atoms with Crippen molar-refractivity contribution in [1.29, 1.82) is 0 Å². The van der Waals surface area contributed by atoms with E-state index in [9.17, 15) is 9.59 Å². The van der Waals surface area contributed by atoms with Gasteiger partial charge in [0.15, 0.2) is 0 Å². The van der Waals surface area contributed by atoms with Crippen LogP contribution in [0, 0.1) is 0 Å². The van der Waals surface area contributed by atoms with Crippen molar-refractivity contribution in [3.8, 4) is 0 Å². The van der Waals surface area contributed by atoms with Crippen LogP contribution < -0.4 is 11.5 Å². The molecule has 0 spiro atoms. The number of hydrogen-bond donors (Lipinski definition) is 2. The Morgan fingerprint density at radius 3 is 2.52 bits per heavy atom. The molecule has 1 amide bonds. The average Bonchev–Trinajstić information content (AvgIpc) is 2.47. The van der Waals surface area contributed by atoms with Crippen LogP contribution in [0.2, 0.25) is 5.02 Å². The van der Waals surface area contributed by atoms with E-state index in [0.29, 0.717) is 21.8 Å². The van der Waals surface area contributed by atoms with Crippen LogP contribution in [0.5, 0.6) is 0 Å². The SMILES string of the molecule is NC(=O)c1ccccc1COC(=O)c1ccc(Cl)c(N)c1. The number of anilines is 1. The molecule has 0 aliphatic heterocycles. The third-order valence-electron chi connectivity index (χ3n) is 2.87. The van der Waals surface area contributed by atoms with E-state index >= 15 is 0 Å². The Balaban J connectivity index is 2.11. The van der Waals surface area contributed by atoms with E-state index in [1.54, 1.807) is 24.3 Å². The molecule has 0 aliphatic carbocycles. The summed E-state index contributed by atoms with van der Waals surface area (Å²) < 4.78 is 5.15. The molecule has 0 radical (unpaired) electrons. The lowest BCUT2D eigenvalue weighted by Gasteiger charge is -2.08. The number of halogens is 1. The summed E-state index contributed by atoms with van der Waals surface area (Å²) in [6.45, 7) is -0.0551. The quantitative estimate of drug-likeness (QED) is 0.669. The molecule has 108 valence electrons. The highest BCUT2D eigenvalue weighted by Crippen LogP contribution is 2.20. The van der Waals surface area contributed by atoms with Crippen molar-refractivity contribution in [3.05, 3.63) is 64.2 Å². The standard InChI is InChI=1S/C15H13ClN2O3/c16-12-6-5-9(7-13(12)17)15(20)21-8-10-3-1-2-4-11(10)14(18)19/h1-7H,8,17H2,(H2,18,19). The maximum absolute atomic E-state index is 11.9. The molecular formula is C15H13ClN2O3. The molecule has 2 rings (SSSR count). The van der Waals surface area contributed by atoms with E-state index in [-0.39, 0.29) is 12.2 Å². The van der Waals surface area contributed by atoms with E-state index in [0.717, 1.165) is 0 Å². The lowest BCUT2D eigenvalue weighted by molar-refractivity contribution is 0.0470. The molecule has 0 unspecified atom stereocenters. The van der Waals surface area contributed by atoms with Crippen LogP contribution in [0.3, 0.4) is 0 Å². The van der Waals surface area contributed by atoms with Crippen LogP contribution in [0.25, 0.3) is 0 Å². The fourth-order valence-electron chi connectivity index (χ4n) is 1.78. The van der Waals surface area contributed by atoms with Crippen LogP contribution in [0.15, 0.2) is 42.5 Å². The van der Waals surface area contributed by atoms with Crippen LogP contribution in [-0.4, -0.2) is 11.9 Å². The molecule has 2 aromatic carbocycles. The van der Waals surface area contributed by atoms with Gasteiger partial charge in [-0.15, -0.1) is 0 Å². The Kier molecular flexibility index (Phi) is 4.45. The Bertz CT molecular complexity index is 701. The normalized spacial score (nSPS) is 10.1. The van der Waals surface area contributed by atoms with Gasteiger partial charge in [0.05, 0.1) is 16.3 Å². The summed E-state index contributed by atoms with van der Waals surface area (Å²) in [5, 5.41) is 0.366. The summed E-state index contributed by atoms with van der Waals surface area (Å²) in [6, 6.07) is 11.1. The number of nitrogen functional groups attached to an aromatic ring is 1. The highest BCUT2D eigenvalue weighted by molar-refractivity contribution is 6.33. The number of benzene rings is 2. The first-order valence-corrected chi connectivity index (χ1v) is 6.46. The first-order chi connectivity index (χ1) is 9.99. The van der Waals surface area contributed by atoms with Crippen molar-refractivity contribution in [2.24, 2.45) is 5.73 Å². The summed E-state index contributed by atoms with van der Waals surface area (Å²) in [5.41, 5.74) is 12.3. The van der Waals surface area contributed by atoms with Crippen molar-refractivity contribution in [3.63, 3.8) is 0 Å². The van der Waals surface area contributed by atoms with Gasteiger partial charge in [-0.25, -0.2) is 4.79 Å². The molecule has 4 N–H and O–H groups in total. The maximum atomic E-state index is 11.9. The minimum Gasteiger partial charge on any atom is -0.457 e. The number of primary amides is 1. The average molecular weight is 305 g/mol. The van der Waals surface area contributed by atoms with Gasteiger partial charge in [-0.1, -0.05) is 29.8 Å². The van der Waals surface area contributed by atoms with Crippen molar-refractivity contribution in [1.82, 2.24) is 0 Å². The number of ether oxygens (including phenoxy) is 1. The molecule has 2 aromatic rings. The second-order valence-electron chi connectivity index (χ2n) is 4.33. The van der Waals surface area contributed by atoms with Gasteiger partial charge in [0.25, 0.3) is 0 Å². The molecule has 0 bridgehead atoms. The number of carbonyl (C=O) groups is 2. The molecule has 21 heavy (non-hydrogen) atoms. The fourth-order valence-corrected chi connectivity index (χ4v) is 1.90. The van der Waals surface area contributed by atoms with E-state index in [1.807, 2.05) is 0 Å². The van der Waals surface area contributed by atoms with Crippen molar-refractivity contribution < 1.29 is 14.3 Å². The molecule has 0 saturated carbocycles. The number of esters is 1. The second-order valence-corrected chi connectivity index (χ2v) is 4.74. The summed E-state index contributed by atoms with van der Waals surface area (Å²) in [4.78, 5) is 23.2. The van der Waals surface area contributed by atoms with Gasteiger partial charge in [-0.3, -0.25) is 4.79 Å². The van der Waals surface area contributed by atoms with E-state index in [2.05, 4.69) is 0 Å². The van der Waals surface area contributed by atoms with E-state index < -0.39 is 11.9 Å². The molecule has 0 heterocycles. The monoisotopic (exact) mass is 304 g/mol. The van der Waals surface area contributed by atoms with Gasteiger partial charge in [0.2, 0.25) is 5.91 Å². The highest BCUT2D eigenvalue weighted by atomic mass is 35.5. The zero-order valence-corrected chi connectivity index (χ0v) is 11.8. The summed E-state index contributed by atoms with van der Waals surface area (Å²) >= 11 is 5.79.